The molecule has 2 N–H and O–H groups in total. The van der Waals surface area contributed by atoms with Crippen LogP contribution in [0.15, 0.2) is 0 Å². The quantitative estimate of drug-likeness (QED) is 0.472. The van der Waals surface area contributed by atoms with Crippen LogP contribution in [-0.4, -0.2) is 85.0 Å². The van der Waals surface area contributed by atoms with E-state index in [0.717, 1.165) is 0 Å². The number of carbonyl (C=O) groups is 1. The molecule has 3 saturated carbocycles. The zero-order valence-corrected chi connectivity index (χ0v) is 23.0. The highest BCUT2D eigenvalue weighted by atomic mass is 35.5. The Balaban J connectivity index is 1.48. The highest BCUT2D eigenvalue weighted by molar-refractivity contribution is 7.89. The lowest BCUT2D eigenvalue weighted by molar-refractivity contribution is -0.132. The van der Waals surface area contributed by atoms with Crippen molar-refractivity contribution in [1.82, 2.24) is 14.9 Å². The highest BCUT2D eigenvalue weighted by Gasteiger charge is 2.49. The van der Waals surface area contributed by atoms with Crippen molar-refractivity contribution in [3.8, 4) is 0 Å². The summed E-state index contributed by atoms with van der Waals surface area (Å²) in [6.07, 6.45) is 1.71. The second kappa shape index (κ2) is 12.1. The molecule has 208 valence electrons. The second-order valence-corrected chi connectivity index (χ2v) is 14.1. The molecule has 0 aromatic rings. The Bertz CT molecular complexity index is 848. The lowest BCUT2D eigenvalue weighted by atomic mass is 9.84. The van der Waals surface area contributed by atoms with Gasteiger partial charge in [0.25, 0.3) is 0 Å². The molecule has 1 aliphatic heterocycles. The number of halogens is 3. The number of amides is 1. The Morgan fingerprint density at radius 2 is 1.81 bits per heavy atom. The van der Waals surface area contributed by atoms with Gasteiger partial charge in [-0.3, -0.25) is 4.79 Å². The number of alkyl halides is 3. The summed E-state index contributed by atoms with van der Waals surface area (Å²) < 4.78 is 63.9. The number of hydrogen-bond acceptors (Lipinski definition) is 5. The van der Waals surface area contributed by atoms with Crippen molar-refractivity contribution in [3.05, 3.63) is 0 Å². The Hall–Kier alpha value is -0.550. The molecule has 0 aromatic heterocycles. The number of fused-ring (bicyclic) bond motifs is 1. The highest BCUT2D eigenvalue weighted by Crippen LogP contribution is 2.37. The fourth-order valence-electron chi connectivity index (χ4n) is 6.34. The molecule has 7 atom stereocenters. The van der Waals surface area contributed by atoms with Crippen LogP contribution < -0.4 is 10.6 Å². The van der Waals surface area contributed by atoms with Crippen LogP contribution in [0.25, 0.3) is 0 Å². The number of sulfonamides is 1. The molecule has 0 spiro atoms. The van der Waals surface area contributed by atoms with E-state index < -0.39 is 45.0 Å². The standard InChI is InChI=1S/C25H42ClF2N3O4S/c1-15(2)29-13-18-14-31(36(33,34)19-9-6-16(27)7-10-19)22-12-17(8-11-23(22)35-18)30-25(32)24-20(26)4-3-5-21(24)28/h15-24,29H,3-14H2,1-2H3,(H,30,32). The minimum atomic E-state index is -3.68. The molecule has 7 unspecified atom stereocenters. The van der Waals surface area contributed by atoms with E-state index >= 15 is 0 Å². The molecule has 3 aliphatic carbocycles. The van der Waals surface area contributed by atoms with Crippen molar-refractivity contribution < 1.29 is 26.7 Å². The Morgan fingerprint density at radius 1 is 1.08 bits per heavy atom. The first-order valence-corrected chi connectivity index (χ1v) is 15.6. The van der Waals surface area contributed by atoms with Crippen molar-refractivity contribution >= 4 is 27.5 Å². The lowest BCUT2D eigenvalue weighted by Crippen LogP contribution is -2.63. The number of hydrogen-bond donors (Lipinski definition) is 2. The second-order valence-electron chi connectivity index (χ2n) is 11.4. The molecule has 0 radical (unpaired) electrons. The maximum absolute atomic E-state index is 14.5. The molecular weight excluding hydrogens is 512 g/mol. The van der Waals surface area contributed by atoms with E-state index in [2.05, 4.69) is 10.6 Å². The minimum Gasteiger partial charge on any atom is -0.371 e. The molecule has 7 nitrogen and oxygen atoms in total. The van der Waals surface area contributed by atoms with Crippen LogP contribution in [-0.2, 0) is 19.6 Å². The Labute approximate surface area is 219 Å². The fourth-order valence-corrected chi connectivity index (χ4v) is 8.99. The largest absolute Gasteiger partial charge is 0.371 e. The zero-order valence-electron chi connectivity index (χ0n) is 21.4. The minimum absolute atomic E-state index is 0.234. The van der Waals surface area contributed by atoms with Gasteiger partial charge in [0.05, 0.1) is 29.4 Å². The number of ether oxygens (including phenoxy) is 1. The first-order chi connectivity index (χ1) is 17.1. The third-order valence-corrected chi connectivity index (χ3v) is 11.2. The third-order valence-electron chi connectivity index (χ3n) is 8.37. The van der Waals surface area contributed by atoms with Gasteiger partial charge in [0.15, 0.2) is 0 Å². The van der Waals surface area contributed by atoms with Crippen LogP contribution in [0.4, 0.5) is 8.78 Å². The Morgan fingerprint density at radius 3 is 2.47 bits per heavy atom. The smallest absolute Gasteiger partial charge is 0.227 e. The van der Waals surface area contributed by atoms with Gasteiger partial charge in [-0.1, -0.05) is 13.8 Å². The van der Waals surface area contributed by atoms with Crippen molar-refractivity contribution in [3.63, 3.8) is 0 Å². The summed E-state index contributed by atoms with van der Waals surface area (Å²) in [7, 11) is -3.68. The van der Waals surface area contributed by atoms with Gasteiger partial charge in [0.1, 0.15) is 12.3 Å². The zero-order chi connectivity index (χ0) is 26.0. The van der Waals surface area contributed by atoms with Crippen molar-refractivity contribution in [1.29, 1.82) is 0 Å². The number of nitrogens with one attached hydrogen (secondary N) is 2. The van der Waals surface area contributed by atoms with E-state index in [1.54, 1.807) is 4.31 Å². The number of rotatable bonds is 7. The molecule has 4 rings (SSSR count). The van der Waals surface area contributed by atoms with Gasteiger partial charge in [-0.05, 0) is 64.2 Å². The lowest BCUT2D eigenvalue weighted by Gasteiger charge is -2.49. The summed E-state index contributed by atoms with van der Waals surface area (Å²) in [4.78, 5) is 13.0. The van der Waals surface area contributed by atoms with E-state index in [9.17, 15) is 22.0 Å². The molecule has 1 heterocycles. The molecule has 36 heavy (non-hydrogen) atoms. The van der Waals surface area contributed by atoms with Crippen molar-refractivity contribution in [2.45, 2.75) is 131 Å². The van der Waals surface area contributed by atoms with Gasteiger partial charge in [-0.15, -0.1) is 11.6 Å². The first kappa shape index (κ1) is 28.5. The summed E-state index contributed by atoms with van der Waals surface area (Å²) in [5, 5.41) is 5.21. The van der Waals surface area contributed by atoms with E-state index in [0.29, 0.717) is 57.9 Å². The van der Waals surface area contributed by atoms with Crippen LogP contribution in [0, 0.1) is 5.92 Å². The molecule has 1 amide bonds. The SMILES string of the molecule is CC(C)NCC1CN(S(=O)(=O)C2CCC(F)CC2)C2CC(NC(=O)C3C(F)CCCC3Cl)CCC2O1. The predicted molar refractivity (Wildman–Crippen MR) is 136 cm³/mol. The molecule has 0 bridgehead atoms. The van der Waals surface area contributed by atoms with Gasteiger partial charge in [0, 0.05) is 30.6 Å². The number of morpholine rings is 1. The first-order valence-electron chi connectivity index (χ1n) is 13.7. The summed E-state index contributed by atoms with van der Waals surface area (Å²) in [6.45, 7) is 4.84. The van der Waals surface area contributed by atoms with Gasteiger partial charge < -0.3 is 15.4 Å². The summed E-state index contributed by atoms with van der Waals surface area (Å²) in [5.74, 6) is -1.25. The van der Waals surface area contributed by atoms with E-state index in [1.165, 1.54) is 0 Å². The fraction of sp³-hybridized carbons (Fsp3) is 0.960. The van der Waals surface area contributed by atoms with Crippen LogP contribution in [0.3, 0.4) is 0 Å². The van der Waals surface area contributed by atoms with Crippen LogP contribution in [0.2, 0.25) is 0 Å². The Kier molecular flexibility index (Phi) is 9.56. The third kappa shape index (κ3) is 6.53. The van der Waals surface area contributed by atoms with Crippen molar-refractivity contribution in [2.75, 3.05) is 13.1 Å². The maximum atomic E-state index is 14.5. The van der Waals surface area contributed by atoms with Crippen LogP contribution in [0.1, 0.15) is 78.1 Å². The topological polar surface area (TPSA) is 87.7 Å². The number of nitrogens with zero attached hydrogens (tertiary/aromatic N) is 1. The summed E-state index contributed by atoms with van der Waals surface area (Å²) in [6, 6.07) is -0.441. The van der Waals surface area contributed by atoms with Gasteiger partial charge >= 0.3 is 0 Å². The summed E-state index contributed by atoms with van der Waals surface area (Å²) >= 11 is 6.31. The molecule has 0 aromatic carbocycles. The van der Waals surface area contributed by atoms with Gasteiger partial charge in [0.2, 0.25) is 15.9 Å². The monoisotopic (exact) mass is 553 g/mol. The average molecular weight is 554 g/mol. The van der Waals surface area contributed by atoms with Gasteiger partial charge in [-0.25, -0.2) is 17.2 Å². The van der Waals surface area contributed by atoms with Gasteiger partial charge in [-0.2, -0.15) is 4.31 Å². The maximum Gasteiger partial charge on any atom is 0.227 e. The molecule has 4 aliphatic rings. The summed E-state index contributed by atoms with van der Waals surface area (Å²) in [5.41, 5.74) is 0. The normalized spacial score (nSPS) is 40.6. The van der Waals surface area contributed by atoms with Crippen molar-refractivity contribution in [2.24, 2.45) is 5.92 Å². The van der Waals surface area contributed by atoms with E-state index in [-0.39, 0.29) is 49.6 Å². The molecular formula is C25H42ClF2N3O4S. The van der Waals surface area contributed by atoms with Crippen LogP contribution in [0.5, 0.6) is 0 Å². The number of carbonyl (C=O) groups excluding carboxylic acids is 1. The molecule has 1 saturated heterocycles. The predicted octanol–water partition coefficient (Wildman–Crippen LogP) is 3.45. The molecule has 4 fully saturated rings. The molecule has 11 heteroatoms. The van der Waals surface area contributed by atoms with E-state index in [1.807, 2.05) is 13.8 Å². The average Bonchev–Trinajstić information content (AvgIpc) is 2.82. The van der Waals surface area contributed by atoms with E-state index in [4.69, 9.17) is 16.3 Å². The van der Waals surface area contributed by atoms with Crippen LogP contribution >= 0.6 is 11.6 Å².